The molecule has 0 heterocycles. The lowest BCUT2D eigenvalue weighted by molar-refractivity contribution is -0.128. The molecule has 0 fully saturated rings. The van der Waals surface area contributed by atoms with E-state index in [1.807, 2.05) is 0 Å². The molecule has 2 aromatic carbocycles. The van der Waals surface area contributed by atoms with Crippen molar-refractivity contribution < 1.29 is 28.2 Å². The summed E-state index contributed by atoms with van der Waals surface area (Å²) in [4.78, 5) is 36.0. The van der Waals surface area contributed by atoms with Crippen molar-refractivity contribution in [2.45, 2.75) is 39.4 Å². The van der Waals surface area contributed by atoms with Crippen LogP contribution in [0.25, 0.3) is 0 Å². The van der Waals surface area contributed by atoms with Crippen LogP contribution in [-0.2, 0) is 9.53 Å². The molecule has 0 radical (unpaired) electrons. The number of halogens is 1. The molecule has 0 bridgehead atoms. The molecular weight excluding hydrogens is 393 g/mol. The maximum atomic E-state index is 12.9. The van der Waals surface area contributed by atoms with Crippen LogP contribution in [0.2, 0.25) is 0 Å². The Hall–Kier alpha value is -3.62. The van der Waals surface area contributed by atoms with Gasteiger partial charge in [-0.1, -0.05) is 0 Å². The van der Waals surface area contributed by atoms with E-state index in [-0.39, 0.29) is 5.56 Å². The first kappa shape index (κ1) is 22.7. The number of hydrogen-bond donors (Lipinski definition) is 3. The van der Waals surface area contributed by atoms with E-state index in [0.29, 0.717) is 11.4 Å². The highest BCUT2D eigenvalue weighted by molar-refractivity contribution is 5.96. The Balaban J connectivity index is 1.83. The smallest absolute Gasteiger partial charge is 0.412 e. The Morgan fingerprint density at radius 2 is 1.53 bits per heavy atom. The zero-order chi connectivity index (χ0) is 22.3. The zero-order valence-electron chi connectivity index (χ0n) is 17.1. The van der Waals surface area contributed by atoms with Gasteiger partial charge in [-0.05, 0) is 76.2 Å². The number of rotatable bonds is 5. The number of hydrazine groups is 1. The van der Waals surface area contributed by atoms with Crippen molar-refractivity contribution in [3.8, 4) is 5.75 Å². The Morgan fingerprint density at radius 1 is 0.933 bits per heavy atom. The summed E-state index contributed by atoms with van der Waals surface area (Å²) in [5, 5.41) is 2.55. The van der Waals surface area contributed by atoms with E-state index >= 15 is 0 Å². The van der Waals surface area contributed by atoms with Crippen LogP contribution in [0, 0.1) is 5.82 Å². The summed E-state index contributed by atoms with van der Waals surface area (Å²) in [6, 6.07) is 11.2. The number of amides is 3. The summed E-state index contributed by atoms with van der Waals surface area (Å²) in [5.74, 6) is -1.24. The molecule has 3 amide bonds. The van der Waals surface area contributed by atoms with Gasteiger partial charge in [0.15, 0.2) is 6.10 Å². The lowest BCUT2D eigenvalue weighted by atomic mass is 10.2. The Bertz CT molecular complexity index is 892. The molecule has 2 aromatic rings. The maximum Gasteiger partial charge on any atom is 0.412 e. The lowest BCUT2D eigenvalue weighted by Crippen LogP contribution is -2.47. The fourth-order valence-corrected chi connectivity index (χ4v) is 2.19. The predicted molar refractivity (Wildman–Crippen MR) is 108 cm³/mol. The second-order valence-electron chi connectivity index (χ2n) is 7.36. The van der Waals surface area contributed by atoms with Gasteiger partial charge in [0.1, 0.15) is 17.2 Å². The van der Waals surface area contributed by atoms with Gasteiger partial charge < -0.3 is 9.47 Å². The molecule has 160 valence electrons. The van der Waals surface area contributed by atoms with Gasteiger partial charge in [0.05, 0.1) is 0 Å². The fourth-order valence-electron chi connectivity index (χ4n) is 2.19. The number of ether oxygens (including phenoxy) is 2. The minimum Gasteiger partial charge on any atom is -0.481 e. The molecule has 0 saturated carbocycles. The summed E-state index contributed by atoms with van der Waals surface area (Å²) >= 11 is 0. The van der Waals surface area contributed by atoms with Crippen molar-refractivity contribution in [2.24, 2.45) is 0 Å². The lowest BCUT2D eigenvalue weighted by Gasteiger charge is -2.19. The zero-order valence-corrected chi connectivity index (χ0v) is 17.1. The van der Waals surface area contributed by atoms with E-state index < -0.39 is 35.4 Å². The number of hydrogen-bond acceptors (Lipinski definition) is 5. The average molecular weight is 417 g/mol. The topological polar surface area (TPSA) is 106 Å². The van der Waals surface area contributed by atoms with E-state index in [1.165, 1.54) is 55.5 Å². The van der Waals surface area contributed by atoms with Crippen LogP contribution >= 0.6 is 0 Å². The normalized spacial score (nSPS) is 11.8. The summed E-state index contributed by atoms with van der Waals surface area (Å²) in [5.41, 5.74) is 4.62. The molecule has 0 aliphatic carbocycles. The fraction of sp³-hybridized carbons (Fsp3) is 0.286. The molecular formula is C21H24FN3O5. The van der Waals surface area contributed by atoms with Crippen molar-refractivity contribution in [3.63, 3.8) is 0 Å². The number of carbonyl (C=O) groups is 3. The molecule has 3 N–H and O–H groups in total. The third kappa shape index (κ3) is 7.42. The summed E-state index contributed by atoms with van der Waals surface area (Å²) in [6.45, 7) is 6.74. The third-order valence-electron chi connectivity index (χ3n) is 3.59. The van der Waals surface area contributed by atoms with Crippen LogP contribution in [0.1, 0.15) is 38.1 Å². The molecule has 0 saturated heterocycles. The highest BCUT2D eigenvalue weighted by atomic mass is 19.1. The molecule has 8 nitrogen and oxygen atoms in total. The minimum atomic E-state index is -0.920. The monoisotopic (exact) mass is 417 g/mol. The van der Waals surface area contributed by atoms with Crippen molar-refractivity contribution in [2.75, 3.05) is 5.32 Å². The Morgan fingerprint density at radius 3 is 2.10 bits per heavy atom. The van der Waals surface area contributed by atoms with Gasteiger partial charge in [-0.2, -0.15) is 0 Å². The van der Waals surface area contributed by atoms with Crippen LogP contribution in [-0.4, -0.2) is 29.6 Å². The summed E-state index contributed by atoms with van der Waals surface area (Å²) in [6.07, 6.45) is -1.53. The molecule has 9 heteroatoms. The van der Waals surface area contributed by atoms with Gasteiger partial charge in [0.25, 0.3) is 11.8 Å². The van der Waals surface area contributed by atoms with Gasteiger partial charge in [-0.25, -0.2) is 9.18 Å². The number of anilines is 1. The standard InChI is InChI=1S/C21H24FN3O5/c1-13(29-17-11-7-15(22)8-12-17)18(26)24-25-19(27)14-5-9-16(10-6-14)23-20(28)30-21(2,3)4/h5-13H,1-4H3,(H,23,28)(H,24,26)(H,25,27)/t13-/m1/s1. The molecule has 30 heavy (non-hydrogen) atoms. The van der Waals surface area contributed by atoms with Gasteiger partial charge in [-0.3, -0.25) is 25.8 Å². The average Bonchev–Trinajstić information content (AvgIpc) is 2.66. The first-order chi connectivity index (χ1) is 14.0. The minimum absolute atomic E-state index is 0.261. The van der Waals surface area contributed by atoms with E-state index in [0.717, 1.165) is 0 Å². The van der Waals surface area contributed by atoms with E-state index in [2.05, 4.69) is 16.2 Å². The molecule has 0 aromatic heterocycles. The quantitative estimate of drug-likeness (QED) is 0.647. The highest BCUT2D eigenvalue weighted by Crippen LogP contribution is 2.14. The summed E-state index contributed by atoms with van der Waals surface area (Å²) < 4.78 is 23.4. The number of nitrogens with one attached hydrogen (secondary N) is 3. The second-order valence-corrected chi connectivity index (χ2v) is 7.36. The van der Waals surface area contributed by atoms with Crippen LogP contribution in [0.3, 0.4) is 0 Å². The van der Waals surface area contributed by atoms with Crippen molar-refractivity contribution in [1.29, 1.82) is 0 Å². The molecule has 0 unspecified atom stereocenters. The van der Waals surface area contributed by atoms with Crippen molar-refractivity contribution >= 4 is 23.6 Å². The molecule has 2 rings (SSSR count). The predicted octanol–water partition coefficient (Wildman–Crippen LogP) is 3.40. The van der Waals surface area contributed by atoms with Gasteiger partial charge >= 0.3 is 6.09 Å². The van der Waals surface area contributed by atoms with Gasteiger partial charge in [0, 0.05) is 11.3 Å². The van der Waals surface area contributed by atoms with Crippen LogP contribution in [0.5, 0.6) is 5.75 Å². The third-order valence-corrected chi connectivity index (χ3v) is 3.59. The van der Waals surface area contributed by atoms with Gasteiger partial charge in [0.2, 0.25) is 0 Å². The van der Waals surface area contributed by atoms with Crippen LogP contribution in [0.15, 0.2) is 48.5 Å². The van der Waals surface area contributed by atoms with Crippen molar-refractivity contribution in [3.05, 3.63) is 59.9 Å². The van der Waals surface area contributed by atoms with Crippen LogP contribution in [0.4, 0.5) is 14.9 Å². The molecule has 0 aliphatic heterocycles. The second kappa shape index (κ2) is 9.73. The molecule has 1 atom stereocenters. The first-order valence-electron chi connectivity index (χ1n) is 9.16. The van der Waals surface area contributed by atoms with E-state index in [4.69, 9.17) is 9.47 Å². The maximum absolute atomic E-state index is 12.9. The van der Waals surface area contributed by atoms with Crippen LogP contribution < -0.4 is 20.9 Å². The summed E-state index contributed by atoms with van der Waals surface area (Å²) in [7, 11) is 0. The van der Waals surface area contributed by atoms with E-state index in [1.54, 1.807) is 20.8 Å². The number of carbonyl (C=O) groups excluding carboxylic acids is 3. The first-order valence-corrected chi connectivity index (χ1v) is 9.16. The molecule has 0 aliphatic rings. The van der Waals surface area contributed by atoms with Gasteiger partial charge in [-0.15, -0.1) is 0 Å². The largest absolute Gasteiger partial charge is 0.481 e. The number of benzene rings is 2. The Kier molecular flexibility index (Phi) is 7.35. The highest BCUT2D eigenvalue weighted by Gasteiger charge is 2.17. The van der Waals surface area contributed by atoms with E-state index in [9.17, 15) is 18.8 Å². The molecule has 0 spiro atoms. The van der Waals surface area contributed by atoms with Crippen molar-refractivity contribution in [1.82, 2.24) is 10.9 Å². The SMILES string of the molecule is C[C@@H](Oc1ccc(F)cc1)C(=O)NNC(=O)c1ccc(NC(=O)OC(C)(C)C)cc1. The Labute approximate surface area is 173 Å².